The van der Waals surface area contributed by atoms with E-state index in [4.69, 9.17) is 0 Å². The molecule has 0 amide bonds. The number of nitrogens with one attached hydrogen (secondary N) is 1. The quantitative estimate of drug-likeness (QED) is 0.674. The van der Waals surface area contributed by atoms with Crippen LogP contribution in [0.2, 0.25) is 0 Å². The van der Waals surface area contributed by atoms with E-state index in [0.29, 0.717) is 5.92 Å². The van der Waals surface area contributed by atoms with Gasteiger partial charge in [-0.1, -0.05) is 32.4 Å². The minimum absolute atomic E-state index is 0.641. The Labute approximate surface area is 74.9 Å². The third-order valence-corrected chi connectivity index (χ3v) is 2.10. The van der Waals surface area contributed by atoms with Crippen LogP contribution in [0.25, 0.3) is 0 Å². The number of allylic oxidation sites excluding steroid dienone is 5. The first-order chi connectivity index (χ1) is 5.84. The minimum Gasteiger partial charge on any atom is -0.365 e. The third-order valence-electron chi connectivity index (χ3n) is 2.10. The molecular weight excluding hydrogens is 146 g/mol. The highest BCUT2D eigenvalue weighted by molar-refractivity contribution is 5.22. The van der Waals surface area contributed by atoms with Crippen molar-refractivity contribution in [1.82, 2.24) is 5.32 Å². The van der Waals surface area contributed by atoms with Gasteiger partial charge in [-0.2, -0.15) is 0 Å². The first kappa shape index (κ1) is 9.11. The Bertz CT molecular complexity index is 211. The van der Waals surface area contributed by atoms with E-state index in [0.717, 1.165) is 0 Å². The van der Waals surface area contributed by atoms with Crippen LogP contribution in [-0.2, 0) is 0 Å². The van der Waals surface area contributed by atoms with Crippen molar-refractivity contribution in [2.24, 2.45) is 5.92 Å². The number of rotatable bonds is 3. The summed E-state index contributed by atoms with van der Waals surface area (Å²) in [4.78, 5) is 0. The summed E-state index contributed by atoms with van der Waals surface area (Å²) in [5.74, 6) is 0.641. The fraction of sp³-hybridized carbons (Fsp3) is 0.455. The summed E-state index contributed by atoms with van der Waals surface area (Å²) in [5.41, 5.74) is 1.32. The van der Waals surface area contributed by atoms with Gasteiger partial charge in [0, 0.05) is 11.9 Å². The van der Waals surface area contributed by atoms with Crippen LogP contribution >= 0.6 is 0 Å². The van der Waals surface area contributed by atoms with Gasteiger partial charge in [-0.15, -0.1) is 0 Å². The molecule has 0 aliphatic carbocycles. The van der Waals surface area contributed by atoms with Gasteiger partial charge in [0.15, 0.2) is 0 Å². The summed E-state index contributed by atoms with van der Waals surface area (Å²) < 4.78 is 0. The Morgan fingerprint density at radius 2 is 2.17 bits per heavy atom. The van der Waals surface area contributed by atoms with Crippen molar-refractivity contribution in [1.29, 1.82) is 0 Å². The normalized spacial score (nSPS) is 18.0. The lowest BCUT2D eigenvalue weighted by molar-refractivity contribution is 0.577. The maximum absolute atomic E-state index is 3.28. The molecule has 0 fully saturated rings. The lowest BCUT2D eigenvalue weighted by atomic mass is 10.0. The first-order valence-corrected chi connectivity index (χ1v) is 4.64. The lowest BCUT2D eigenvalue weighted by Gasteiger charge is -2.13. The van der Waals surface area contributed by atoms with Gasteiger partial charge < -0.3 is 5.32 Å². The maximum atomic E-state index is 3.28. The molecule has 1 nitrogen and oxygen atoms in total. The van der Waals surface area contributed by atoms with Crippen molar-refractivity contribution < 1.29 is 0 Å². The minimum atomic E-state index is 0.641. The molecule has 1 unspecified atom stereocenters. The average Bonchev–Trinajstić information content (AvgIpc) is 2.32. The van der Waals surface area contributed by atoms with E-state index in [1.165, 1.54) is 18.5 Å². The lowest BCUT2D eigenvalue weighted by Crippen LogP contribution is -2.12. The van der Waals surface area contributed by atoms with Crippen molar-refractivity contribution >= 4 is 0 Å². The van der Waals surface area contributed by atoms with E-state index in [-0.39, 0.29) is 0 Å². The molecule has 0 bridgehead atoms. The zero-order valence-corrected chi connectivity index (χ0v) is 7.88. The van der Waals surface area contributed by atoms with Gasteiger partial charge in [-0.25, -0.2) is 0 Å². The zero-order valence-electron chi connectivity index (χ0n) is 7.88. The molecule has 0 saturated carbocycles. The van der Waals surface area contributed by atoms with Crippen LogP contribution in [0.4, 0.5) is 0 Å². The molecule has 12 heavy (non-hydrogen) atoms. The molecule has 1 aliphatic rings. The van der Waals surface area contributed by atoms with Gasteiger partial charge in [-0.3, -0.25) is 0 Å². The molecule has 1 rings (SSSR count). The molecule has 1 N–H and O–H groups in total. The van der Waals surface area contributed by atoms with Crippen LogP contribution in [0.15, 0.2) is 36.2 Å². The molecule has 1 heteroatoms. The van der Waals surface area contributed by atoms with E-state index in [1.807, 2.05) is 18.4 Å². The molecular formula is C11H17N. The van der Waals surface area contributed by atoms with Gasteiger partial charge in [0.2, 0.25) is 0 Å². The number of hydrogen-bond donors (Lipinski definition) is 1. The summed E-state index contributed by atoms with van der Waals surface area (Å²) in [5, 5.41) is 3.28. The van der Waals surface area contributed by atoms with Gasteiger partial charge in [0.1, 0.15) is 0 Å². The molecule has 0 aromatic carbocycles. The van der Waals surface area contributed by atoms with Gasteiger partial charge in [-0.05, 0) is 24.5 Å². The second-order valence-electron chi connectivity index (χ2n) is 3.20. The summed E-state index contributed by atoms with van der Waals surface area (Å²) >= 11 is 0. The fourth-order valence-corrected chi connectivity index (χ4v) is 1.37. The Morgan fingerprint density at radius 1 is 1.33 bits per heavy atom. The SMILES string of the molecule is CCCC(C)C1=CC=CC=CN1. The van der Waals surface area contributed by atoms with Gasteiger partial charge in [0.25, 0.3) is 0 Å². The van der Waals surface area contributed by atoms with Crippen LogP contribution in [0.5, 0.6) is 0 Å². The number of hydrogen-bond acceptors (Lipinski definition) is 1. The molecule has 0 spiro atoms. The summed E-state index contributed by atoms with van der Waals surface area (Å²) in [6.45, 7) is 4.48. The Kier molecular flexibility index (Phi) is 3.65. The van der Waals surface area contributed by atoms with Crippen LogP contribution in [0.3, 0.4) is 0 Å². The van der Waals surface area contributed by atoms with E-state index < -0.39 is 0 Å². The third kappa shape index (κ3) is 2.57. The first-order valence-electron chi connectivity index (χ1n) is 4.64. The predicted molar refractivity (Wildman–Crippen MR) is 53.6 cm³/mol. The molecule has 0 radical (unpaired) electrons. The molecule has 1 heterocycles. The van der Waals surface area contributed by atoms with Gasteiger partial charge >= 0.3 is 0 Å². The van der Waals surface area contributed by atoms with Gasteiger partial charge in [0.05, 0.1) is 0 Å². The Balaban J connectivity index is 2.55. The van der Waals surface area contributed by atoms with E-state index in [9.17, 15) is 0 Å². The second kappa shape index (κ2) is 4.81. The monoisotopic (exact) mass is 163 g/mol. The maximum Gasteiger partial charge on any atom is 0.0175 e. The predicted octanol–water partition coefficient (Wildman–Crippen LogP) is 2.98. The van der Waals surface area contributed by atoms with Crippen molar-refractivity contribution in [3.05, 3.63) is 36.2 Å². The summed E-state index contributed by atoms with van der Waals surface area (Å²) in [6.07, 6.45) is 12.8. The highest BCUT2D eigenvalue weighted by atomic mass is 14.9. The topological polar surface area (TPSA) is 12.0 Å². The van der Waals surface area contributed by atoms with E-state index >= 15 is 0 Å². The summed E-state index contributed by atoms with van der Waals surface area (Å²) in [6, 6.07) is 0. The van der Waals surface area contributed by atoms with Crippen LogP contribution in [0.1, 0.15) is 26.7 Å². The largest absolute Gasteiger partial charge is 0.365 e. The van der Waals surface area contributed by atoms with E-state index in [2.05, 4.69) is 31.3 Å². The van der Waals surface area contributed by atoms with Crippen LogP contribution < -0.4 is 5.32 Å². The highest BCUT2D eigenvalue weighted by Gasteiger charge is 2.05. The molecule has 1 atom stereocenters. The Morgan fingerprint density at radius 3 is 2.92 bits per heavy atom. The second-order valence-corrected chi connectivity index (χ2v) is 3.20. The van der Waals surface area contributed by atoms with E-state index in [1.54, 1.807) is 0 Å². The molecule has 0 aromatic heterocycles. The van der Waals surface area contributed by atoms with Crippen molar-refractivity contribution in [3.8, 4) is 0 Å². The average molecular weight is 163 g/mol. The molecule has 0 saturated heterocycles. The van der Waals surface area contributed by atoms with Crippen molar-refractivity contribution in [2.45, 2.75) is 26.7 Å². The van der Waals surface area contributed by atoms with Crippen molar-refractivity contribution in [3.63, 3.8) is 0 Å². The van der Waals surface area contributed by atoms with Crippen LogP contribution in [0, 0.1) is 5.92 Å². The smallest absolute Gasteiger partial charge is 0.0175 e. The zero-order chi connectivity index (χ0) is 8.81. The molecule has 1 aliphatic heterocycles. The molecule has 0 aromatic rings. The highest BCUT2D eigenvalue weighted by Crippen LogP contribution is 2.14. The van der Waals surface area contributed by atoms with Crippen molar-refractivity contribution in [2.75, 3.05) is 0 Å². The molecule has 66 valence electrons. The fourth-order valence-electron chi connectivity index (χ4n) is 1.37. The Hall–Kier alpha value is -0.980. The standard InChI is InChI=1S/C11H17N/c1-3-7-10(2)11-8-5-4-6-9-12-11/h4-6,8-10,12H,3,7H2,1-2H3. The van der Waals surface area contributed by atoms with Crippen LogP contribution in [-0.4, -0.2) is 0 Å². The summed E-state index contributed by atoms with van der Waals surface area (Å²) in [7, 11) is 0.